The van der Waals surface area contributed by atoms with Crippen LogP contribution in [0.4, 0.5) is 0 Å². The molecule has 2 aliphatic rings. The maximum absolute atomic E-state index is 13.0. The third-order valence-corrected chi connectivity index (χ3v) is 6.47. The van der Waals surface area contributed by atoms with Crippen LogP contribution < -0.4 is 5.32 Å². The Bertz CT molecular complexity index is 577. The Labute approximate surface area is 133 Å². The zero-order valence-electron chi connectivity index (χ0n) is 12.3. The minimum atomic E-state index is -3.36. The lowest BCUT2D eigenvalue weighted by atomic mass is 10.1. The summed E-state index contributed by atoms with van der Waals surface area (Å²) < 4.78 is 27.7. The second kappa shape index (κ2) is 6.65. The van der Waals surface area contributed by atoms with Gasteiger partial charge in [0.1, 0.15) is 0 Å². The molecule has 1 aromatic rings. The highest BCUT2D eigenvalue weighted by molar-refractivity contribution is 7.89. The summed E-state index contributed by atoms with van der Waals surface area (Å²) in [7, 11) is -3.36. The van der Waals surface area contributed by atoms with Crippen LogP contribution in [0.15, 0.2) is 29.2 Å². The van der Waals surface area contributed by atoms with E-state index in [4.69, 9.17) is 0 Å². The average Bonchev–Trinajstić information content (AvgIpc) is 2.73. The van der Waals surface area contributed by atoms with E-state index in [1.807, 2.05) is 25.1 Å². The van der Waals surface area contributed by atoms with Crippen molar-refractivity contribution in [2.24, 2.45) is 0 Å². The van der Waals surface area contributed by atoms with Crippen molar-refractivity contribution in [1.82, 2.24) is 9.62 Å². The molecule has 0 saturated carbocycles. The van der Waals surface area contributed by atoms with Crippen molar-refractivity contribution in [2.45, 2.75) is 49.6 Å². The summed E-state index contributed by atoms with van der Waals surface area (Å²) in [5, 5.41) is 3.35. The smallest absolute Gasteiger partial charge is 0.243 e. The monoisotopic (exact) mass is 330 g/mol. The molecule has 2 bridgehead atoms. The number of benzene rings is 1. The molecule has 0 spiro atoms. The molecule has 0 aromatic heterocycles. The van der Waals surface area contributed by atoms with Crippen molar-refractivity contribution in [3.8, 4) is 0 Å². The molecule has 0 aliphatic carbocycles. The van der Waals surface area contributed by atoms with Crippen LogP contribution in [0, 0.1) is 0 Å². The van der Waals surface area contributed by atoms with Crippen molar-refractivity contribution in [3.05, 3.63) is 29.8 Å². The molecule has 0 radical (unpaired) electrons. The molecule has 2 unspecified atom stereocenters. The summed E-state index contributed by atoms with van der Waals surface area (Å²) in [6.07, 6.45) is 3.75. The molecule has 3 rings (SSSR count). The van der Waals surface area contributed by atoms with E-state index in [-0.39, 0.29) is 24.5 Å². The Morgan fingerprint density at radius 3 is 2.76 bits per heavy atom. The number of fused-ring (bicyclic) bond motifs is 2. The molecule has 118 valence electrons. The summed E-state index contributed by atoms with van der Waals surface area (Å²) in [6, 6.07) is 7.68. The van der Waals surface area contributed by atoms with Gasteiger partial charge in [-0.15, -0.1) is 12.4 Å². The Kier molecular flexibility index (Phi) is 5.30. The van der Waals surface area contributed by atoms with Gasteiger partial charge in [0.25, 0.3) is 0 Å². The van der Waals surface area contributed by atoms with Crippen LogP contribution in [0.3, 0.4) is 0 Å². The predicted molar refractivity (Wildman–Crippen MR) is 86.4 cm³/mol. The molecule has 1 N–H and O–H groups in total. The summed E-state index contributed by atoms with van der Waals surface area (Å²) in [5.74, 6) is 0. The van der Waals surface area contributed by atoms with Crippen LogP contribution in [0.1, 0.15) is 31.7 Å². The molecule has 2 saturated heterocycles. The first-order valence-electron chi connectivity index (χ1n) is 7.46. The molecule has 21 heavy (non-hydrogen) atoms. The lowest BCUT2D eigenvalue weighted by Crippen LogP contribution is -2.42. The minimum absolute atomic E-state index is 0. The molecule has 0 amide bonds. The van der Waals surface area contributed by atoms with E-state index in [1.54, 1.807) is 10.4 Å². The zero-order valence-corrected chi connectivity index (χ0v) is 13.9. The quantitative estimate of drug-likeness (QED) is 0.924. The van der Waals surface area contributed by atoms with E-state index in [0.717, 1.165) is 44.3 Å². The number of halogens is 1. The lowest BCUT2D eigenvalue weighted by molar-refractivity contribution is 0.334. The Morgan fingerprint density at radius 1 is 1.24 bits per heavy atom. The number of sulfonamides is 1. The first-order valence-corrected chi connectivity index (χ1v) is 8.90. The first-order chi connectivity index (χ1) is 9.63. The third-order valence-electron chi connectivity index (χ3n) is 4.47. The van der Waals surface area contributed by atoms with E-state index in [9.17, 15) is 8.42 Å². The van der Waals surface area contributed by atoms with E-state index < -0.39 is 10.0 Å². The van der Waals surface area contributed by atoms with Crippen molar-refractivity contribution >= 4 is 22.4 Å². The molecule has 2 heterocycles. The van der Waals surface area contributed by atoms with Gasteiger partial charge in [0, 0.05) is 18.6 Å². The molecule has 2 atom stereocenters. The molecule has 1 aromatic carbocycles. The largest absolute Gasteiger partial charge is 0.315 e. The highest BCUT2D eigenvalue weighted by Crippen LogP contribution is 2.33. The van der Waals surface area contributed by atoms with Gasteiger partial charge in [-0.1, -0.05) is 19.1 Å². The fraction of sp³-hybridized carbons (Fsp3) is 0.600. The van der Waals surface area contributed by atoms with Gasteiger partial charge in [-0.05, 0) is 49.9 Å². The van der Waals surface area contributed by atoms with Crippen LogP contribution in [0.5, 0.6) is 0 Å². The normalized spacial score (nSPS) is 26.1. The fourth-order valence-electron chi connectivity index (χ4n) is 3.38. The minimum Gasteiger partial charge on any atom is -0.315 e. The maximum Gasteiger partial charge on any atom is 0.243 e. The topological polar surface area (TPSA) is 49.4 Å². The second-order valence-electron chi connectivity index (χ2n) is 5.71. The van der Waals surface area contributed by atoms with Gasteiger partial charge in [0.05, 0.1) is 4.90 Å². The molecule has 6 heteroatoms. The molecule has 2 fully saturated rings. The van der Waals surface area contributed by atoms with Crippen molar-refractivity contribution < 1.29 is 8.42 Å². The Morgan fingerprint density at radius 2 is 2.00 bits per heavy atom. The standard InChI is InChI=1S/C15H22N2O2S.ClH/c1-2-12-4-3-5-15(10-12)20(18,19)17-13-6-7-14(17)11-16-9-8-13;/h3-5,10,13-14,16H,2,6-9,11H2,1H3;1H. The van der Waals surface area contributed by atoms with E-state index in [1.165, 1.54) is 0 Å². The summed E-state index contributed by atoms with van der Waals surface area (Å²) in [4.78, 5) is 0.454. The fourth-order valence-corrected chi connectivity index (χ4v) is 5.35. The van der Waals surface area contributed by atoms with Gasteiger partial charge in [-0.2, -0.15) is 4.31 Å². The van der Waals surface area contributed by atoms with E-state index in [0.29, 0.717) is 4.90 Å². The number of rotatable bonds is 3. The van der Waals surface area contributed by atoms with Gasteiger partial charge < -0.3 is 5.32 Å². The number of aryl methyl sites for hydroxylation is 1. The SMILES string of the molecule is CCc1cccc(S(=O)(=O)N2C3CCNCC2CC3)c1.Cl. The average molecular weight is 331 g/mol. The molecule has 4 nitrogen and oxygen atoms in total. The highest BCUT2D eigenvalue weighted by Gasteiger charge is 2.42. The third kappa shape index (κ3) is 3.11. The van der Waals surface area contributed by atoms with Gasteiger partial charge in [-0.3, -0.25) is 0 Å². The lowest BCUT2D eigenvalue weighted by Gasteiger charge is -2.27. The number of hydrogen-bond acceptors (Lipinski definition) is 3. The van der Waals surface area contributed by atoms with Crippen LogP contribution in [-0.4, -0.2) is 37.9 Å². The van der Waals surface area contributed by atoms with Gasteiger partial charge in [0.2, 0.25) is 10.0 Å². The Hall–Kier alpha value is -0.620. The summed E-state index contributed by atoms with van der Waals surface area (Å²) in [6.45, 7) is 3.75. The molecule has 2 aliphatic heterocycles. The first kappa shape index (κ1) is 16.7. The van der Waals surface area contributed by atoms with Gasteiger partial charge in [-0.25, -0.2) is 8.42 Å². The second-order valence-corrected chi connectivity index (χ2v) is 7.56. The number of nitrogens with zero attached hydrogens (tertiary/aromatic N) is 1. The summed E-state index contributed by atoms with van der Waals surface area (Å²) >= 11 is 0. The van der Waals surface area contributed by atoms with Crippen molar-refractivity contribution in [2.75, 3.05) is 13.1 Å². The van der Waals surface area contributed by atoms with Crippen LogP contribution in [-0.2, 0) is 16.4 Å². The van der Waals surface area contributed by atoms with Crippen LogP contribution >= 0.6 is 12.4 Å². The van der Waals surface area contributed by atoms with Crippen LogP contribution in [0.2, 0.25) is 0 Å². The van der Waals surface area contributed by atoms with Gasteiger partial charge >= 0.3 is 0 Å². The summed E-state index contributed by atoms with van der Waals surface area (Å²) in [5.41, 5.74) is 1.08. The van der Waals surface area contributed by atoms with Gasteiger partial charge in [0.15, 0.2) is 0 Å². The predicted octanol–water partition coefficient (Wildman–Crippen LogP) is 2.19. The number of hydrogen-bond donors (Lipinski definition) is 1. The maximum atomic E-state index is 13.0. The highest BCUT2D eigenvalue weighted by atomic mass is 35.5. The van der Waals surface area contributed by atoms with E-state index in [2.05, 4.69) is 5.32 Å². The van der Waals surface area contributed by atoms with Crippen molar-refractivity contribution in [3.63, 3.8) is 0 Å². The van der Waals surface area contributed by atoms with Crippen molar-refractivity contribution in [1.29, 1.82) is 0 Å². The zero-order chi connectivity index (χ0) is 14.2. The molecular weight excluding hydrogens is 308 g/mol. The number of nitrogens with one attached hydrogen (secondary N) is 1. The molecular formula is C15H23ClN2O2S. The Balaban J connectivity index is 0.00000161. The van der Waals surface area contributed by atoms with E-state index >= 15 is 0 Å². The van der Waals surface area contributed by atoms with Crippen LogP contribution in [0.25, 0.3) is 0 Å².